The van der Waals surface area contributed by atoms with E-state index in [9.17, 15) is 18.3 Å². The van der Waals surface area contributed by atoms with Crippen molar-refractivity contribution in [3.63, 3.8) is 0 Å². The highest BCUT2D eigenvalue weighted by Gasteiger charge is 2.38. The number of amides is 1. The molecule has 0 unspecified atom stereocenters. The molecule has 9 nitrogen and oxygen atoms in total. The molecule has 0 spiro atoms. The first-order valence-corrected chi connectivity index (χ1v) is 12.2. The molecule has 1 aromatic carbocycles. The largest absolute Gasteiger partial charge is 0.487 e. The van der Waals surface area contributed by atoms with Crippen molar-refractivity contribution in [2.75, 3.05) is 26.7 Å². The van der Waals surface area contributed by atoms with Crippen LogP contribution in [0.2, 0.25) is 0 Å². The molecule has 0 fully saturated rings. The molecule has 1 aliphatic rings. The Kier molecular flexibility index (Phi) is 7.83. The van der Waals surface area contributed by atoms with Crippen molar-refractivity contribution < 1.29 is 23.1 Å². The summed E-state index contributed by atoms with van der Waals surface area (Å²) in [6, 6.07) is 4.31. The number of aliphatic hydroxyl groups excluding tert-OH is 1. The highest BCUT2D eigenvalue weighted by molar-refractivity contribution is 7.89. The minimum atomic E-state index is -3.90. The number of sulfonamides is 1. The van der Waals surface area contributed by atoms with Crippen LogP contribution in [-0.2, 0) is 10.0 Å². The Bertz CT molecular complexity index is 1110. The molecule has 1 aromatic heterocycles. The van der Waals surface area contributed by atoms with E-state index in [1.54, 1.807) is 26.1 Å². The minimum absolute atomic E-state index is 0.0378. The Morgan fingerprint density at radius 1 is 1.39 bits per heavy atom. The number of aromatic nitrogens is 2. The van der Waals surface area contributed by atoms with E-state index in [0.717, 1.165) is 5.56 Å². The summed E-state index contributed by atoms with van der Waals surface area (Å²) >= 11 is 0. The van der Waals surface area contributed by atoms with Crippen molar-refractivity contribution in [2.24, 2.45) is 5.92 Å². The number of benzene rings is 1. The fourth-order valence-corrected chi connectivity index (χ4v) is 5.54. The number of nitrogens with zero attached hydrogens (tertiary/aromatic N) is 4. The Labute approximate surface area is 194 Å². The first kappa shape index (κ1) is 24.8. The smallest absolute Gasteiger partial charge is 0.273 e. The molecule has 0 aliphatic carbocycles. The predicted octanol–water partition coefficient (Wildman–Crippen LogP) is 2.05. The van der Waals surface area contributed by atoms with E-state index in [0.29, 0.717) is 0 Å². The van der Waals surface area contributed by atoms with Gasteiger partial charge < -0.3 is 14.7 Å². The Balaban J connectivity index is 2.01. The summed E-state index contributed by atoms with van der Waals surface area (Å²) in [4.78, 5) is 22.3. The van der Waals surface area contributed by atoms with Gasteiger partial charge in [0.15, 0.2) is 0 Å². The number of fused-ring (bicyclic) bond motifs is 1. The molecule has 10 heteroatoms. The van der Waals surface area contributed by atoms with E-state index in [1.165, 1.54) is 33.9 Å². The fraction of sp³-hybridized carbons (Fsp3) is 0.435. The van der Waals surface area contributed by atoms with Crippen LogP contribution < -0.4 is 4.74 Å². The molecule has 1 aliphatic heterocycles. The third-order valence-corrected chi connectivity index (χ3v) is 7.65. The van der Waals surface area contributed by atoms with Gasteiger partial charge in [-0.3, -0.25) is 9.78 Å². The molecule has 3 rings (SSSR count). The van der Waals surface area contributed by atoms with E-state index in [2.05, 4.69) is 9.97 Å². The lowest BCUT2D eigenvalue weighted by Crippen LogP contribution is -2.50. The van der Waals surface area contributed by atoms with E-state index in [4.69, 9.17) is 4.74 Å². The number of likely N-dealkylation sites (N-methyl/N-ethyl adjacent to an activating group) is 1. The second-order valence-electron chi connectivity index (χ2n) is 8.22. The molecule has 0 saturated heterocycles. The summed E-state index contributed by atoms with van der Waals surface area (Å²) in [7, 11) is -2.26. The van der Waals surface area contributed by atoms with Gasteiger partial charge in [-0.2, -0.15) is 4.31 Å². The first-order valence-electron chi connectivity index (χ1n) is 10.8. The molecule has 0 radical (unpaired) electrons. The maximum atomic E-state index is 13.5. The molecule has 0 saturated carbocycles. The summed E-state index contributed by atoms with van der Waals surface area (Å²) in [6.07, 6.45) is 7.55. The molecule has 2 heterocycles. The second kappa shape index (κ2) is 10.4. The zero-order chi connectivity index (χ0) is 24.2. The third kappa shape index (κ3) is 5.40. The second-order valence-corrected chi connectivity index (χ2v) is 10.1. The normalized spacial score (nSPS) is 21.5. The molecular formula is C23H30N4O5S. The highest BCUT2D eigenvalue weighted by atomic mass is 32.2. The van der Waals surface area contributed by atoms with Crippen LogP contribution in [-0.4, -0.2) is 77.5 Å². The van der Waals surface area contributed by atoms with Crippen LogP contribution in [0.3, 0.4) is 0 Å². The lowest BCUT2D eigenvalue weighted by atomic mass is 10.0. The number of allylic oxidation sites excluding steroid dienone is 1. The quantitative estimate of drug-likeness (QED) is 0.682. The number of rotatable bonds is 6. The molecule has 1 amide bonds. The molecular weight excluding hydrogens is 444 g/mol. The van der Waals surface area contributed by atoms with Gasteiger partial charge in [-0.05, 0) is 31.5 Å². The van der Waals surface area contributed by atoms with Crippen LogP contribution in [0.5, 0.6) is 5.75 Å². The van der Waals surface area contributed by atoms with E-state index in [-0.39, 0.29) is 47.9 Å². The van der Waals surface area contributed by atoms with Crippen molar-refractivity contribution in [3.8, 4) is 5.75 Å². The molecule has 0 bridgehead atoms. The van der Waals surface area contributed by atoms with Crippen LogP contribution >= 0.6 is 0 Å². The zero-order valence-corrected chi connectivity index (χ0v) is 20.1. The lowest BCUT2D eigenvalue weighted by molar-refractivity contribution is 0.0559. The number of carbonyl (C=O) groups excluding carboxylic acids is 1. The van der Waals surface area contributed by atoms with Gasteiger partial charge in [0.05, 0.1) is 19.3 Å². The van der Waals surface area contributed by atoms with E-state index < -0.39 is 22.2 Å². The van der Waals surface area contributed by atoms with Crippen LogP contribution in [0.15, 0.2) is 47.8 Å². The van der Waals surface area contributed by atoms with Crippen molar-refractivity contribution in [2.45, 2.75) is 37.8 Å². The zero-order valence-electron chi connectivity index (χ0n) is 19.2. The predicted molar refractivity (Wildman–Crippen MR) is 124 cm³/mol. The molecule has 1 N–H and O–H groups in total. The maximum absolute atomic E-state index is 13.5. The van der Waals surface area contributed by atoms with Gasteiger partial charge in [-0.25, -0.2) is 13.4 Å². The highest BCUT2D eigenvalue weighted by Crippen LogP contribution is 2.34. The SMILES string of the molecule is CC=Cc1ccc2c(c1)O[C@H](CN(C)C(=O)c1cnccn1)[C@H](C)CN([C@H](C)CO)S2(=O)=O. The monoisotopic (exact) mass is 474 g/mol. The summed E-state index contributed by atoms with van der Waals surface area (Å²) in [5.41, 5.74) is 1.01. The number of hydrogen-bond acceptors (Lipinski definition) is 7. The minimum Gasteiger partial charge on any atom is -0.487 e. The average molecular weight is 475 g/mol. The number of hydrogen-bond donors (Lipinski definition) is 1. The lowest BCUT2D eigenvalue weighted by Gasteiger charge is -2.37. The average Bonchev–Trinajstić information content (AvgIpc) is 2.81. The standard InChI is InChI=1S/C23H30N4O5S/c1-5-6-18-7-8-22-20(11-18)32-21(14-26(4)23(29)19-12-24-9-10-25-19)16(2)13-27(17(3)15-28)33(22,30)31/h5-12,16-17,21,28H,13-15H2,1-4H3/t16-,17-,21-/m1/s1. The van der Waals surface area contributed by atoms with E-state index in [1.807, 2.05) is 26.0 Å². The van der Waals surface area contributed by atoms with Crippen LogP contribution in [0.1, 0.15) is 36.8 Å². The Hall–Kier alpha value is -2.82. The van der Waals surface area contributed by atoms with Gasteiger partial charge in [-0.1, -0.05) is 25.1 Å². The molecule has 33 heavy (non-hydrogen) atoms. The summed E-state index contributed by atoms with van der Waals surface area (Å²) < 4.78 is 34.5. The summed E-state index contributed by atoms with van der Waals surface area (Å²) in [5, 5.41) is 9.73. The number of carbonyl (C=O) groups is 1. The molecule has 3 atom stereocenters. The topological polar surface area (TPSA) is 113 Å². The third-order valence-electron chi connectivity index (χ3n) is 5.63. The van der Waals surface area contributed by atoms with Crippen molar-refractivity contribution in [3.05, 3.63) is 54.1 Å². The van der Waals surface area contributed by atoms with Crippen molar-refractivity contribution in [1.82, 2.24) is 19.2 Å². The summed E-state index contributed by atoms with van der Waals surface area (Å²) in [5.74, 6) is -0.362. The van der Waals surface area contributed by atoms with E-state index >= 15 is 0 Å². The van der Waals surface area contributed by atoms with Crippen LogP contribution in [0, 0.1) is 5.92 Å². The number of aliphatic hydroxyl groups is 1. The van der Waals surface area contributed by atoms with Crippen molar-refractivity contribution in [1.29, 1.82) is 0 Å². The van der Waals surface area contributed by atoms with Gasteiger partial charge in [0, 0.05) is 37.9 Å². The van der Waals surface area contributed by atoms with Gasteiger partial charge in [-0.15, -0.1) is 0 Å². The van der Waals surface area contributed by atoms with Crippen LogP contribution in [0.25, 0.3) is 6.08 Å². The van der Waals surface area contributed by atoms with Gasteiger partial charge >= 0.3 is 0 Å². The molecule has 178 valence electrons. The maximum Gasteiger partial charge on any atom is 0.273 e. The number of ether oxygens (including phenoxy) is 1. The van der Waals surface area contributed by atoms with Gasteiger partial charge in [0.2, 0.25) is 10.0 Å². The van der Waals surface area contributed by atoms with Gasteiger partial charge in [0.25, 0.3) is 5.91 Å². The van der Waals surface area contributed by atoms with Gasteiger partial charge in [0.1, 0.15) is 22.4 Å². The Morgan fingerprint density at radius 2 is 2.15 bits per heavy atom. The Morgan fingerprint density at radius 3 is 2.79 bits per heavy atom. The summed E-state index contributed by atoms with van der Waals surface area (Å²) in [6.45, 7) is 5.45. The first-order chi connectivity index (χ1) is 15.7. The fourth-order valence-electron chi connectivity index (χ4n) is 3.71. The molecule has 2 aromatic rings. The van der Waals surface area contributed by atoms with Crippen molar-refractivity contribution >= 4 is 22.0 Å². The van der Waals surface area contributed by atoms with Crippen LogP contribution in [0.4, 0.5) is 0 Å².